The number of benzene rings is 1. The van der Waals surface area contributed by atoms with E-state index >= 15 is 0 Å². The minimum Gasteiger partial charge on any atom is -0.314 e. The first-order valence-electron chi connectivity index (χ1n) is 6.72. The van der Waals surface area contributed by atoms with Crippen molar-refractivity contribution in [2.24, 2.45) is 0 Å². The van der Waals surface area contributed by atoms with Gasteiger partial charge in [-0.1, -0.05) is 23.7 Å². The van der Waals surface area contributed by atoms with Gasteiger partial charge in [-0.2, -0.15) is 0 Å². The van der Waals surface area contributed by atoms with Gasteiger partial charge in [0.05, 0.1) is 5.52 Å². The molecule has 0 bridgehead atoms. The summed E-state index contributed by atoms with van der Waals surface area (Å²) in [5, 5.41) is 5.39. The van der Waals surface area contributed by atoms with E-state index in [1.54, 1.807) is 0 Å². The predicted octanol–water partition coefficient (Wildman–Crippen LogP) is 3.53. The van der Waals surface area contributed by atoms with Gasteiger partial charge in [-0.05, 0) is 19.1 Å². The second kappa shape index (κ2) is 8.16. The molecule has 0 aliphatic carbocycles. The standard InChI is InChI=1S/C15H18ClN3.2ClH/c1-11-9-17-7-8-19(11)10-13-14(16)5-4-12-3-2-6-18-15(12)13;;/h2-6,11,17H,7-10H2,1H3;2*1H/t11-;;/m0../s1. The Labute approximate surface area is 142 Å². The molecular weight excluding hydrogens is 329 g/mol. The summed E-state index contributed by atoms with van der Waals surface area (Å²) in [5.41, 5.74) is 2.18. The van der Waals surface area contributed by atoms with Gasteiger partial charge in [0.15, 0.2) is 0 Å². The van der Waals surface area contributed by atoms with Crippen molar-refractivity contribution in [2.45, 2.75) is 19.5 Å². The second-order valence-corrected chi connectivity index (χ2v) is 5.53. The Morgan fingerprint density at radius 3 is 2.90 bits per heavy atom. The first-order valence-corrected chi connectivity index (χ1v) is 7.10. The molecule has 1 aromatic carbocycles. The van der Waals surface area contributed by atoms with E-state index in [9.17, 15) is 0 Å². The van der Waals surface area contributed by atoms with Crippen LogP contribution in [0.15, 0.2) is 30.5 Å². The SMILES string of the molecule is C[C@H]1CNCCN1Cc1c(Cl)ccc2cccnc12.Cl.Cl. The van der Waals surface area contributed by atoms with Crippen molar-refractivity contribution in [3.63, 3.8) is 0 Å². The van der Waals surface area contributed by atoms with Crippen LogP contribution in [0.25, 0.3) is 10.9 Å². The summed E-state index contributed by atoms with van der Waals surface area (Å²) < 4.78 is 0. The quantitative estimate of drug-likeness (QED) is 0.900. The van der Waals surface area contributed by atoms with E-state index in [1.165, 1.54) is 0 Å². The second-order valence-electron chi connectivity index (χ2n) is 5.12. The molecule has 0 spiro atoms. The van der Waals surface area contributed by atoms with Crippen LogP contribution in [0.4, 0.5) is 0 Å². The Hall–Kier alpha value is -0.580. The van der Waals surface area contributed by atoms with Crippen LogP contribution < -0.4 is 5.32 Å². The van der Waals surface area contributed by atoms with Crippen LogP contribution in [0.3, 0.4) is 0 Å². The molecular formula is C15H20Cl3N3. The van der Waals surface area contributed by atoms with E-state index < -0.39 is 0 Å². The van der Waals surface area contributed by atoms with Crippen molar-refractivity contribution in [1.29, 1.82) is 0 Å². The molecule has 0 saturated carbocycles. The molecule has 1 N–H and O–H groups in total. The molecule has 1 aromatic heterocycles. The molecule has 21 heavy (non-hydrogen) atoms. The lowest BCUT2D eigenvalue weighted by Crippen LogP contribution is -2.49. The highest BCUT2D eigenvalue weighted by Crippen LogP contribution is 2.26. The van der Waals surface area contributed by atoms with Crippen molar-refractivity contribution >= 4 is 47.3 Å². The van der Waals surface area contributed by atoms with Gasteiger partial charge in [0, 0.05) is 54.4 Å². The van der Waals surface area contributed by atoms with E-state index in [0.29, 0.717) is 6.04 Å². The molecule has 1 atom stereocenters. The molecule has 3 nitrogen and oxygen atoms in total. The number of halogens is 3. The summed E-state index contributed by atoms with van der Waals surface area (Å²) in [6, 6.07) is 8.60. The Morgan fingerprint density at radius 2 is 2.14 bits per heavy atom. The number of piperazine rings is 1. The van der Waals surface area contributed by atoms with Crippen LogP contribution in [-0.2, 0) is 6.54 Å². The maximum absolute atomic E-state index is 6.39. The number of aromatic nitrogens is 1. The van der Waals surface area contributed by atoms with E-state index in [4.69, 9.17) is 11.6 Å². The summed E-state index contributed by atoms with van der Waals surface area (Å²) in [5.74, 6) is 0. The lowest BCUT2D eigenvalue weighted by Gasteiger charge is -2.34. The molecule has 116 valence electrons. The number of fused-ring (bicyclic) bond motifs is 1. The molecule has 2 aromatic rings. The first-order chi connectivity index (χ1) is 9.25. The third kappa shape index (κ3) is 3.99. The highest BCUT2D eigenvalue weighted by atomic mass is 35.5. The zero-order valence-electron chi connectivity index (χ0n) is 11.9. The summed E-state index contributed by atoms with van der Waals surface area (Å²) in [4.78, 5) is 6.97. The van der Waals surface area contributed by atoms with Crippen molar-refractivity contribution in [1.82, 2.24) is 15.2 Å². The number of pyridine rings is 1. The van der Waals surface area contributed by atoms with Crippen molar-refractivity contribution in [3.05, 3.63) is 41.0 Å². The molecule has 0 radical (unpaired) electrons. The summed E-state index contributed by atoms with van der Waals surface area (Å²) in [7, 11) is 0. The number of rotatable bonds is 2. The summed E-state index contributed by atoms with van der Waals surface area (Å²) in [6.45, 7) is 6.26. The van der Waals surface area contributed by atoms with Gasteiger partial charge in [0.25, 0.3) is 0 Å². The third-order valence-corrected chi connectivity index (χ3v) is 4.18. The normalized spacial score (nSPS) is 18.9. The fourth-order valence-corrected chi connectivity index (χ4v) is 2.86. The average Bonchev–Trinajstić information content (AvgIpc) is 2.44. The predicted molar refractivity (Wildman–Crippen MR) is 94.0 cm³/mol. The number of hydrogen-bond donors (Lipinski definition) is 1. The van der Waals surface area contributed by atoms with Crippen LogP contribution in [0, 0.1) is 0 Å². The monoisotopic (exact) mass is 347 g/mol. The van der Waals surface area contributed by atoms with Gasteiger partial charge in [-0.25, -0.2) is 0 Å². The van der Waals surface area contributed by atoms with E-state index in [-0.39, 0.29) is 24.8 Å². The largest absolute Gasteiger partial charge is 0.314 e. The van der Waals surface area contributed by atoms with Gasteiger partial charge in [-0.3, -0.25) is 9.88 Å². The van der Waals surface area contributed by atoms with E-state index in [2.05, 4.69) is 28.2 Å². The van der Waals surface area contributed by atoms with Crippen molar-refractivity contribution < 1.29 is 0 Å². The Balaban J connectivity index is 0.00000110. The van der Waals surface area contributed by atoms with Gasteiger partial charge >= 0.3 is 0 Å². The zero-order valence-corrected chi connectivity index (χ0v) is 14.3. The molecule has 1 saturated heterocycles. The van der Waals surface area contributed by atoms with Crippen LogP contribution in [0.1, 0.15) is 12.5 Å². The maximum atomic E-state index is 6.39. The topological polar surface area (TPSA) is 28.2 Å². The lowest BCUT2D eigenvalue weighted by molar-refractivity contribution is 0.166. The zero-order chi connectivity index (χ0) is 13.2. The molecule has 6 heteroatoms. The first kappa shape index (κ1) is 18.5. The molecule has 1 aliphatic heterocycles. The molecule has 0 amide bonds. The minimum atomic E-state index is 0. The van der Waals surface area contributed by atoms with Crippen molar-refractivity contribution in [2.75, 3.05) is 19.6 Å². The van der Waals surface area contributed by atoms with Gasteiger partial charge in [0.2, 0.25) is 0 Å². The van der Waals surface area contributed by atoms with Gasteiger partial charge < -0.3 is 5.32 Å². The fraction of sp³-hybridized carbons (Fsp3) is 0.400. The molecule has 0 unspecified atom stereocenters. The average molecular weight is 349 g/mol. The number of hydrogen-bond acceptors (Lipinski definition) is 3. The Kier molecular flexibility index (Phi) is 7.17. The van der Waals surface area contributed by atoms with E-state index in [0.717, 1.165) is 47.7 Å². The van der Waals surface area contributed by atoms with Crippen molar-refractivity contribution in [3.8, 4) is 0 Å². The Morgan fingerprint density at radius 1 is 1.33 bits per heavy atom. The molecule has 1 fully saturated rings. The van der Waals surface area contributed by atoms with Crippen LogP contribution in [-0.4, -0.2) is 35.6 Å². The lowest BCUT2D eigenvalue weighted by atomic mass is 10.1. The third-order valence-electron chi connectivity index (χ3n) is 3.82. The highest BCUT2D eigenvalue weighted by Gasteiger charge is 2.20. The molecule has 1 aliphatic rings. The minimum absolute atomic E-state index is 0. The Bertz CT molecular complexity index is 591. The summed E-state index contributed by atoms with van der Waals surface area (Å²) >= 11 is 6.39. The smallest absolute Gasteiger partial charge is 0.0761 e. The van der Waals surface area contributed by atoms with Gasteiger partial charge in [-0.15, -0.1) is 24.8 Å². The molecule has 2 heterocycles. The van der Waals surface area contributed by atoms with Crippen LogP contribution in [0.2, 0.25) is 5.02 Å². The van der Waals surface area contributed by atoms with Gasteiger partial charge in [0.1, 0.15) is 0 Å². The number of nitrogens with one attached hydrogen (secondary N) is 1. The highest BCUT2D eigenvalue weighted by molar-refractivity contribution is 6.32. The molecule has 3 rings (SSSR count). The van der Waals surface area contributed by atoms with Crippen LogP contribution >= 0.6 is 36.4 Å². The summed E-state index contributed by atoms with van der Waals surface area (Å²) in [6.07, 6.45) is 1.84. The maximum Gasteiger partial charge on any atom is 0.0761 e. The number of nitrogens with zero attached hydrogens (tertiary/aromatic N) is 2. The fourth-order valence-electron chi connectivity index (χ4n) is 2.65. The van der Waals surface area contributed by atoms with Crippen LogP contribution in [0.5, 0.6) is 0 Å². The van der Waals surface area contributed by atoms with E-state index in [1.807, 2.05) is 24.4 Å².